The summed E-state index contributed by atoms with van der Waals surface area (Å²) in [5.41, 5.74) is 0.906. The minimum Gasteiger partial charge on any atom is -0.450 e. The average molecular weight is 429 g/mol. The highest BCUT2D eigenvalue weighted by Gasteiger charge is 2.24. The van der Waals surface area contributed by atoms with Crippen LogP contribution in [-0.2, 0) is 4.79 Å². The fraction of sp³-hybridized carbons (Fsp3) is 0.222. The Labute approximate surface area is 164 Å². The maximum Gasteiger partial charge on any atom is 0.250 e. The van der Waals surface area contributed by atoms with Crippen LogP contribution >= 0.6 is 15.9 Å². The van der Waals surface area contributed by atoms with E-state index in [0.29, 0.717) is 42.6 Å². The van der Waals surface area contributed by atoms with Gasteiger partial charge in [0, 0.05) is 32.3 Å². The minimum atomic E-state index is -0.0372. The van der Waals surface area contributed by atoms with Crippen LogP contribution in [0.25, 0.3) is 11.8 Å². The van der Waals surface area contributed by atoms with Crippen molar-refractivity contribution in [3.05, 3.63) is 59.0 Å². The van der Waals surface area contributed by atoms with Crippen molar-refractivity contribution in [3.8, 4) is 5.69 Å². The zero-order chi connectivity index (χ0) is 18.6. The van der Waals surface area contributed by atoms with Gasteiger partial charge in [0.15, 0.2) is 4.67 Å². The van der Waals surface area contributed by atoms with Gasteiger partial charge in [-0.05, 0) is 56.7 Å². The number of piperazine rings is 1. The first-order valence-corrected chi connectivity index (χ1v) is 9.31. The maximum atomic E-state index is 12.4. The summed E-state index contributed by atoms with van der Waals surface area (Å²) in [5, 5.41) is 12.1. The molecule has 138 valence electrons. The van der Waals surface area contributed by atoms with E-state index in [4.69, 9.17) is 4.42 Å². The number of carbonyl (C=O) groups excluding carboxylic acids is 1. The number of para-hydroxylation sites is 1. The molecule has 2 aromatic heterocycles. The lowest BCUT2D eigenvalue weighted by atomic mass is 10.3. The van der Waals surface area contributed by atoms with E-state index in [9.17, 15) is 4.79 Å². The van der Waals surface area contributed by atoms with Crippen LogP contribution in [0.3, 0.4) is 0 Å². The van der Waals surface area contributed by atoms with E-state index in [1.807, 2.05) is 35.2 Å². The summed E-state index contributed by atoms with van der Waals surface area (Å²) in [5.74, 6) is 1.28. The van der Waals surface area contributed by atoms with Crippen LogP contribution in [0, 0.1) is 0 Å². The van der Waals surface area contributed by atoms with Crippen molar-refractivity contribution in [2.75, 3.05) is 31.1 Å². The molecule has 1 aromatic carbocycles. The van der Waals surface area contributed by atoms with Crippen molar-refractivity contribution < 1.29 is 9.21 Å². The smallest absolute Gasteiger partial charge is 0.250 e. The summed E-state index contributed by atoms with van der Waals surface area (Å²) in [4.78, 5) is 16.3. The standard InChI is InChI=1S/C18H17BrN6O2/c19-16-8-6-15(27-16)7-9-17(26)23-10-12-24(13-11-23)18-20-21-22-25(18)14-4-2-1-3-5-14/h1-9H,10-13H2. The number of hydrogen-bond acceptors (Lipinski definition) is 6. The zero-order valence-electron chi connectivity index (χ0n) is 14.4. The molecule has 0 bridgehead atoms. The lowest BCUT2D eigenvalue weighted by Gasteiger charge is -2.34. The first-order chi connectivity index (χ1) is 13.2. The highest BCUT2D eigenvalue weighted by atomic mass is 79.9. The molecule has 1 fully saturated rings. The van der Waals surface area contributed by atoms with E-state index >= 15 is 0 Å². The van der Waals surface area contributed by atoms with E-state index < -0.39 is 0 Å². The Hall–Kier alpha value is -2.94. The molecule has 1 aliphatic heterocycles. The van der Waals surface area contributed by atoms with Gasteiger partial charge in [0.05, 0.1) is 5.69 Å². The van der Waals surface area contributed by atoms with E-state index in [1.165, 1.54) is 6.08 Å². The summed E-state index contributed by atoms with van der Waals surface area (Å²) in [6, 6.07) is 13.3. The Kier molecular flexibility index (Phi) is 5.01. The predicted octanol–water partition coefficient (Wildman–Crippen LogP) is 2.38. The largest absolute Gasteiger partial charge is 0.450 e. The van der Waals surface area contributed by atoms with Crippen LogP contribution in [0.5, 0.6) is 0 Å². The molecule has 0 aliphatic carbocycles. The topological polar surface area (TPSA) is 80.3 Å². The van der Waals surface area contributed by atoms with E-state index in [1.54, 1.807) is 22.9 Å². The molecule has 1 amide bonds. The van der Waals surface area contributed by atoms with Crippen molar-refractivity contribution in [3.63, 3.8) is 0 Å². The quantitative estimate of drug-likeness (QED) is 0.593. The number of tetrazole rings is 1. The summed E-state index contributed by atoms with van der Waals surface area (Å²) >= 11 is 3.24. The van der Waals surface area contributed by atoms with Crippen LogP contribution in [-0.4, -0.2) is 57.2 Å². The van der Waals surface area contributed by atoms with Crippen LogP contribution in [0.1, 0.15) is 5.76 Å². The van der Waals surface area contributed by atoms with Crippen molar-refractivity contribution in [1.29, 1.82) is 0 Å². The number of halogens is 1. The average Bonchev–Trinajstić information content (AvgIpc) is 3.36. The second kappa shape index (κ2) is 7.75. The van der Waals surface area contributed by atoms with Crippen LogP contribution < -0.4 is 4.90 Å². The molecule has 9 heteroatoms. The van der Waals surface area contributed by atoms with Crippen molar-refractivity contribution in [2.24, 2.45) is 0 Å². The molecule has 1 aliphatic rings. The number of nitrogens with zero attached hydrogens (tertiary/aromatic N) is 6. The molecular weight excluding hydrogens is 412 g/mol. The summed E-state index contributed by atoms with van der Waals surface area (Å²) in [6.07, 6.45) is 3.21. The third-order valence-corrected chi connectivity index (χ3v) is 4.74. The number of aromatic nitrogens is 4. The molecule has 4 rings (SSSR count). The van der Waals surface area contributed by atoms with Gasteiger partial charge in [-0.15, -0.1) is 0 Å². The minimum absolute atomic E-state index is 0.0372. The fourth-order valence-electron chi connectivity index (χ4n) is 2.92. The number of rotatable bonds is 4. The Morgan fingerprint density at radius 2 is 1.85 bits per heavy atom. The number of furan rings is 1. The number of carbonyl (C=O) groups is 1. The second-order valence-corrected chi connectivity index (χ2v) is 6.80. The van der Waals surface area contributed by atoms with E-state index in [2.05, 4.69) is 36.4 Å². The Balaban J connectivity index is 1.39. The molecule has 0 spiro atoms. The zero-order valence-corrected chi connectivity index (χ0v) is 16.0. The summed E-state index contributed by atoms with van der Waals surface area (Å²) < 4.78 is 7.72. The molecule has 0 saturated carbocycles. The monoisotopic (exact) mass is 428 g/mol. The molecule has 0 atom stereocenters. The molecule has 1 saturated heterocycles. The van der Waals surface area contributed by atoms with Crippen LogP contribution in [0.4, 0.5) is 5.95 Å². The van der Waals surface area contributed by atoms with Gasteiger partial charge in [0.25, 0.3) is 0 Å². The Morgan fingerprint density at radius 3 is 2.56 bits per heavy atom. The third-order valence-electron chi connectivity index (χ3n) is 4.31. The SMILES string of the molecule is O=C(C=Cc1ccc(Br)o1)N1CCN(c2nnnn2-c2ccccc2)CC1. The van der Waals surface area contributed by atoms with Crippen LogP contribution in [0.2, 0.25) is 0 Å². The van der Waals surface area contributed by atoms with Gasteiger partial charge in [-0.3, -0.25) is 4.79 Å². The highest BCUT2D eigenvalue weighted by molar-refractivity contribution is 9.10. The Morgan fingerprint density at radius 1 is 1.07 bits per heavy atom. The van der Waals surface area contributed by atoms with Gasteiger partial charge in [0.2, 0.25) is 11.9 Å². The molecule has 3 heterocycles. The maximum absolute atomic E-state index is 12.4. The summed E-state index contributed by atoms with van der Waals surface area (Å²) in [6.45, 7) is 2.54. The fourth-order valence-corrected chi connectivity index (χ4v) is 3.24. The van der Waals surface area contributed by atoms with Gasteiger partial charge in [-0.25, -0.2) is 0 Å². The van der Waals surface area contributed by atoms with Gasteiger partial charge in [0.1, 0.15) is 5.76 Å². The molecule has 0 radical (unpaired) electrons. The van der Waals surface area contributed by atoms with Gasteiger partial charge in [-0.1, -0.05) is 23.3 Å². The molecule has 8 nitrogen and oxygen atoms in total. The number of amides is 1. The van der Waals surface area contributed by atoms with Gasteiger partial charge >= 0.3 is 0 Å². The molecule has 3 aromatic rings. The van der Waals surface area contributed by atoms with Gasteiger partial charge in [-0.2, -0.15) is 4.68 Å². The molecule has 0 N–H and O–H groups in total. The number of hydrogen-bond donors (Lipinski definition) is 0. The van der Waals surface area contributed by atoms with Crippen molar-refractivity contribution in [1.82, 2.24) is 25.1 Å². The molecule has 27 heavy (non-hydrogen) atoms. The van der Waals surface area contributed by atoms with E-state index in [-0.39, 0.29) is 5.91 Å². The molecule has 0 unspecified atom stereocenters. The second-order valence-electron chi connectivity index (χ2n) is 6.01. The van der Waals surface area contributed by atoms with Gasteiger partial charge < -0.3 is 14.2 Å². The highest BCUT2D eigenvalue weighted by Crippen LogP contribution is 2.18. The number of anilines is 1. The Bertz CT molecular complexity index is 944. The summed E-state index contributed by atoms with van der Waals surface area (Å²) in [7, 11) is 0. The third kappa shape index (κ3) is 3.92. The first-order valence-electron chi connectivity index (χ1n) is 8.52. The van der Waals surface area contributed by atoms with E-state index in [0.717, 1.165) is 5.69 Å². The van der Waals surface area contributed by atoms with Crippen molar-refractivity contribution >= 4 is 33.9 Å². The van der Waals surface area contributed by atoms with Crippen molar-refractivity contribution in [2.45, 2.75) is 0 Å². The first kappa shape index (κ1) is 17.5. The predicted molar refractivity (Wildman–Crippen MR) is 103 cm³/mol. The normalized spacial score (nSPS) is 14.9. The molecular formula is C18H17BrN6O2. The van der Waals surface area contributed by atoms with Crippen LogP contribution in [0.15, 0.2) is 57.6 Å². The number of benzene rings is 1. The lowest BCUT2D eigenvalue weighted by molar-refractivity contribution is -0.126. The lowest BCUT2D eigenvalue weighted by Crippen LogP contribution is -2.49.